The molecule has 11 heavy (non-hydrogen) atoms. The van der Waals surface area contributed by atoms with Crippen molar-refractivity contribution in [2.75, 3.05) is 14.2 Å². The molecule has 0 saturated carbocycles. The standard InChI is InChI=1S/C7H9NO2S/c1-9-6-3-5(11)4-8-7(6)10-2/h3-4,11H,1-2H3. The monoisotopic (exact) mass is 171 g/mol. The minimum Gasteiger partial charge on any atom is -0.491 e. The van der Waals surface area contributed by atoms with Crippen LogP contribution in [0, 0.1) is 0 Å². The van der Waals surface area contributed by atoms with E-state index in [0.29, 0.717) is 11.6 Å². The molecule has 4 heteroatoms. The summed E-state index contributed by atoms with van der Waals surface area (Å²) < 4.78 is 9.90. The number of thiol groups is 1. The van der Waals surface area contributed by atoms with Crippen LogP contribution >= 0.6 is 12.6 Å². The van der Waals surface area contributed by atoms with E-state index in [1.54, 1.807) is 26.5 Å². The maximum Gasteiger partial charge on any atom is 0.256 e. The number of ether oxygens (including phenoxy) is 2. The van der Waals surface area contributed by atoms with Crippen LogP contribution in [0.1, 0.15) is 0 Å². The molecule has 1 aromatic heterocycles. The zero-order chi connectivity index (χ0) is 8.27. The molecule has 0 radical (unpaired) electrons. The topological polar surface area (TPSA) is 31.4 Å². The molecule has 0 atom stereocenters. The fourth-order valence-corrected chi connectivity index (χ4v) is 0.896. The summed E-state index contributed by atoms with van der Waals surface area (Å²) in [7, 11) is 3.11. The average Bonchev–Trinajstić information content (AvgIpc) is 2.04. The van der Waals surface area contributed by atoms with E-state index < -0.39 is 0 Å². The van der Waals surface area contributed by atoms with Gasteiger partial charge < -0.3 is 9.47 Å². The molecular weight excluding hydrogens is 162 g/mol. The van der Waals surface area contributed by atoms with Gasteiger partial charge in [0.1, 0.15) is 0 Å². The van der Waals surface area contributed by atoms with Crippen LogP contribution in [0.15, 0.2) is 17.2 Å². The van der Waals surface area contributed by atoms with Crippen LogP contribution in [-0.2, 0) is 0 Å². The molecule has 0 spiro atoms. The van der Waals surface area contributed by atoms with E-state index in [9.17, 15) is 0 Å². The van der Waals surface area contributed by atoms with Gasteiger partial charge >= 0.3 is 0 Å². The molecule has 0 aliphatic rings. The summed E-state index contributed by atoms with van der Waals surface area (Å²) >= 11 is 4.10. The SMILES string of the molecule is COc1cc(S)cnc1OC. The predicted molar refractivity (Wildman–Crippen MR) is 44.6 cm³/mol. The fourth-order valence-electron chi connectivity index (χ4n) is 0.721. The highest BCUT2D eigenvalue weighted by atomic mass is 32.1. The lowest BCUT2D eigenvalue weighted by Gasteiger charge is -2.05. The number of hydrogen-bond donors (Lipinski definition) is 1. The van der Waals surface area contributed by atoms with Gasteiger partial charge in [-0.05, 0) is 0 Å². The van der Waals surface area contributed by atoms with E-state index in [0.717, 1.165) is 4.90 Å². The fraction of sp³-hybridized carbons (Fsp3) is 0.286. The smallest absolute Gasteiger partial charge is 0.256 e. The van der Waals surface area contributed by atoms with Gasteiger partial charge in [-0.1, -0.05) is 0 Å². The molecule has 0 saturated heterocycles. The van der Waals surface area contributed by atoms with Crippen LogP contribution in [0.2, 0.25) is 0 Å². The Morgan fingerprint density at radius 2 is 2.09 bits per heavy atom. The van der Waals surface area contributed by atoms with Gasteiger partial charge in [-0.2, -0.15) is 0 Å². The van der Waals surface area contributed by atoms with Crippen LogP contribution in [0.4, 0.5) is 0 Å². The molecule has 3 nitrogen and oxygen atoms in total. The molecule has 0 N–H and O–H groups in total. The average molecular weight is 171 g/mol. The second-order valence-corrected chi connectivity index (χ2v) is 2.42. The first kappa shape index (κ1) is 8.20. The highest BCUT2D eigenvalue weighted by Gasteiger charge is 2.03. The van der Waals surface area contributed by atoms with Gasteiger partial charge in [-0.25, -0.2) is 4.98 Å². The van der Waals surface area contributed by atoms with Gasteiger partial charge in [0.2, 0.25) is 0 Å². The second kappa shape index (κ2) is 3.48. The van der Waals surface area contributed by atoms with Gasteiger partial charge in [0.15, 0.2) is 5.75 Å². The van der Waals surface area contributed by atoms with Crippen molar-refractivity contribution in [2.24, 2.45) is 0 Å². The molecule has 1 heterocycles. The molecule has 1 aromatic rings. The van der Waals surface area contributed by atoms with Crippen LogP contribution in [-0.4, -0.2) is 19.2 Å². The van der Waals surface area contributed by atoms with Crippen molar-refractivity contribution in [2.45, 2.75) is 4.90 Å². The molecule has 0 unspecified atom stereocenters. The maximum absolute atomic E-state index is 4.98. The molecule has 0 fully saturated rings. The van der Waals surface area contributed by atoms with Crippen molar-refractivity contribution < 1.29 is 9.47 Å². The lowest BCUT2D eigenvalue weighted by Crippen LogP contribution is -1.92. The quantitative estimate of drug-likeness (QED) is 0.682. The Morgan fingerprint density at radius 1 is 1.36 bits per heavy atom. The second-order valence-electron chi connectivity index (χ2n) is 1.91. The highest BCUT2D eigenvalue weighted by Crippen LogP contribution is 2.25. The summed E-state index contributed by atoms with van der Waals surface area (Å²) in [6, 6.07) is 1.74. The Bertz CT molecular complexity index is 252. The highest BCUT2D eigenvalue weighted by molar-refractivity contribution is 7.80. The lowest BCUT2D eigenvalue weighted by molar-refractivity contribution is 0.342. The molecule has 1 rings (SSSR count). The van der Waals surface area contributed by atoms with Crippen LogP contribution < -0.4 is 9.47 Å². The largest absolute Gasteiger partial charge is 0.491 e. The van der Waals surface area contributed by atoms with E-state index in [2.05, 4.69) is 17.6 Å². The number of rotatable bonds is 2. The van der Waals surface area contributed by atoms with Gasteiger partial charge in [0, 0.05) is 17.2 Å². The Morgan fingerprint density at radius 3 is 2.64 bits per heavy atom. The molecule has 60 valence electrons. The Labute approximate surface area is 70.8 Å². The molecule has 0 bridgehead atoms. The zero-order valence-electron chi connectivity index (χ0n) is 6.37. The summed E-state index contributed by atoms with van der Waals surface area (Å²) in [5.74, 6) is 1.07. The van der Waals surface area contributed by atoms with Crippen molar-refractivity contribution in [1.29, 1.82) is 0 Å². The number of pyridine rings is 1. The molecule has 0 aliphatic carbocycles. The minimum absolute atomic E-state index is 0.477. The van der Waals surface area contributed by atoms with Gasteiger partial charge in [0.25, 0.3) is 5.88 Å². The number of nitrogens with zero attached hydrogens (tertiary/aromatic N) is 1. The van der Waals surface area contributed by atoms with Gasteiger partial charge in [0.05, 0.1) is 14.2 Å². The molecular formula is C7H9NO2S. The summed E-state index contributed by atoms with van der Waals surface area (Å²) in [5.41, 5.74) is 0. The molecule has 0 amide bonds. The Hall–Kier alpha value is -0.900. The summed E-state index contributed by atoms with van der Waals surface area (Å²) in [4.78, 5) is 4.70. The minimum atomic E-state index is 0.477. The van der Waals surface area contributed by atoms with E-state index in [-0.39, 0.29) is 0 Å². The third-order valence-corrected chi connectivity index (χ3v) is 1.46. The van der Waals surface area contributed by atoms with Gasteiger partial charge in [-0.3, -0.25) is 0 Å². The van der Waals surface area contributed by atoms with Crippen molar-refractivity contribution in [3.8, 4) is 11.6 Å². The lowest BCUT2D eigenvalue weighted by atomic mass is 10.4. The number of hydrogen-bond acceptors (Lipinski definition) is 4. The van der Waals surface area contributed by atoms with Crippen molar-refractivity contribution >= 4 is 12.6 Å². The Balaban J connectivity index is 3.06. The van der Waals surface area contributed by atoms with Crippen LogP contribution in [0.5, 0.6) is 11.6 Å². The van der Waals surface area contributed by atoms with Crippen LogP contribution in [0.3, 0.4) is 0 Å². The van der Waals surface area contributed by atoms with Crippen LogP contribution in [0.25, 0.3) is 0 Å². The van der Waals surface area contributed by atoms with Crippen molar-refractivity contribution in [1.82, 2.24) is 4.98 Å². The van der Waals surface area contributed by atoms with E-state index in [1.807, 2.05) is 0 Å². The normalized spacial score (nSPS) is 9.36. The maximum atomic E-state index is 4.98. The summed E-state index contributed by atoms with van der Waals surface area (Å²) in [6.45, 7) is 0. The number of aromatic nitrogens is 1. The van der Waals surface area contributed by atoms with Crippen molar-refractivity contribution in [3.05, 3.63) is 12.3 Å². The Kier molecular flexibility index (Phi) is 2.59. The van der Waals surface area contributed by atoms with Crippen molar-refractivity contribution in [3.63, 3.8) is 0 Å². The summed E-state index contributed by atoms with van der Waals surface area (Å²) in [5, 5.41) is 0. The first-order valence-corrected chi connectivity index (χ1v) is 3.49. The zero-order valence-corrected chi connectivity index (χ0v) is 7.26. The molecule has 0 aliphatic heterocycles. The molecule has 0 aromatic carbocycles. The first-order valence-electron chi connectivity index (χ1n) is 3.05. The number of methoxy groups -OCH3 is 2. The van der Waals surface area contributed by atoms with E-state index in [1.165, 1.54) is 0 Å². The third-order valence-electron chi connectivity index (χ3n) is 1.22. The van der Waals surface area contributed by atoms with E-state index >= 15 is 0 Å². The van der Waals surface area contributed by atoms with E-state index in [4.69, 9.17) is 9.47 Å². The van der Waals surface area contributed by atoms with Gasteiger partial charge in [-0.15, -0.1) is 12.6 Å². The third kappa shape index (κ3) is 1.77. The predicted octanol–water partition coefficient (Wildman–Crippen LogP) is 1.39. The summed E-state index contributed by atoms with van der Waals surface area (Å²) in [6.07, 6.45) is 1.60. The first-order chi connectivity index (χ1) is 5.27.